The maximum Gasteiger partial charge on any atom is 0.235 e. The minimum absolute atomic E-state index is 0.0631. The lowest BCUT2D eigenvalue weighted by atomic mass is 10.00. The molecular formula is C27H33NO3. The van der Waals surface area contributed by atoms with Gasteiger partial charge >= 0.3 is 0 Å². The van der Waals surface area contributed by atoms with Crippen LogP contribution in [0, 0.1) is 11.8 Å². The number of ether oxygens (including phenoxy) is 1. The van der Waals surface area contributed by atoms with Crippen molar-refractivity contribution in [1.29, 1.82) is 0 Å². The molecule has 4 heteroatoms. The van der Waals surface area contributed by atoms with Gasteiger partial charge in [-0.1, -0.05) is 86.7 Å². The third kappa shape index (κ3) is 6.90. The predicted molar refractivity (Wildman–Crippen MR) is 123 cm³/mol. The minimum atomic E-state index is -0.362. The maximum atomic E-state index is 13.5. The van der Waals surface area contributed by atoms with E-state index < -0.39 is 0 Å². The van der Waals surface area contributed by atoms with Crippen LogP contribution in [0.2, 0.25) is 0 Å². The van der Waals surface area contributed by atoms with Gasteiger partial charge in [0.2, 0.25) is 11.8 Å². The Morgan fingerprint density at radius 1 is 1.06 bits per heavy atom. The van der Waals surface area contributed by atoms with Crippen molar-refractivity contribution in [2.45, 2.75) is 52.2 Å². The largest absolute Gasteiger partial charge is 0.376 e. The lowest BCUT2D eigenvalue weighted by Crippen LogP contribution is -2.44. The fraction of sp³-hybridized carbons (Fsp3) is 0.407. The highest BCUT2D eigenvalue weighted by Gasteiger charge is 2.38. The van der Waals surface area contributed by atoms with Gasteiger partial charge in [0, 0.05) is 12.5 Å². The van der Waals surface area contributed by atoms with Crippen molar-refractivity contribution in [3.05, 3.63) is 83.9 Å². The van der Waals surface area contributed by atoms with Gasteiger partial charge in [-0.2, -0.15) is 0 Å². The molecular weight excluding hydrogens is 386 g/mol. The summed E-state index contributed by atoms with van der Waals surface area (Å²) in [6.07, 6.45) is 6.59. The van der Waals surface area contributed by atoms with E-state index in [1.54, 1.807) is 0 Å². The fourth-order valence-corrected chi connectivity index (χ4v) is 3.97. The molecule has 0 aliphatic carbocycles. The van der Waals surface area contributed by atoms with Crippen LogP contribution in [0.15, 0.2) is 72.8 Å². The van der Waals surface area contributed by atoms with Crippen molar-refractivity contribution >= 4 is 11.8 Å². The zero-order valence-electron chi connectivity index (χ0n) is 18.6. The summed E-state index contributed by atoms with van der Waals surface area (Å²) in [6, 6.07) is 19.9. The first-order valence-corrected chi connectivity index (χ1v) is 11.2. The van der Waals surface area contributed by atoms with Gasteiger partial charge in [-0.05, 0) is 36.3 Å². The first-order chi connectivity index (χ1) is 15.0. The van der Waals surface area contributed by atoms with Crippen molar-refractivity contribution in [2.75, 3.05) is 6.61 Å². The summed E-state index contributed by atoms with van der Waals surface area (Å²) in [4.78, 5) is 27.6. The first kappa shape index (κ1) is 23.0. The quantitative estimate of drug-likeness (QED) is 0.499. The van der Waals surface area contributed by atoms with E-state index >= 15 is 0 Å². The molecule has 31 heavy (non-hydrogen) atoms. The van der Waals surface area contributed by atoms with Crippen molar-refractivity contribution in [3.8, 4) is 0 Å². The number of hydrogen-bond donors (Lipinski definition) is 0. The number of nitrogens with zero attached hydrogens (tertiary/aromatic N) is 1. The zero-order valence-corrected chi connectivity index (χ0v) is 18.6. The molecule has 0 saturated carbocycles. The van der Waals surface area contributed by atoms with Crippen molar-refractivity contribution < 1.29 is 14.3 Å². The number of rotatable bonds is 10. The summed E-state index contributed by atoms with van der Waals surface area (Å²) in [6.45, 7) is 4.98. The second-order valence-corrected chi connectivity index (χ2v) is 8.59. The van der Waals surface area contributed by atoms with Gasteiger partial charge in [0.1, 0.15) is 0 Å². The van der Waals surface area contributed by atoms with Gasteiger partial charge in [0.25, 0.3) is 0 Å². The molecule has 4 nitrogen and oxygen atoms in total. The van der Waals surface area contributed by atoms with E-state index in [1.165, 1.54) is 4.90 Å². The standard InChI is InChI=1S/C27H33NO3/c1-21(2)10-9-15-24(20-31-19-23-13-7-4-8-14-23)27(30)28-25(16-17-26(28)29)18-22-11-5-3-6-12-22/h3-14,21,24-25H,15-20H2,1-2H3/b10-9+/t24?,25-/m0/s1. The molecule has 0 bridgehead atoms. The molecule has 0 spiro atoms. The van der Waals surface area contributed by atoms with Crippen LogP contribution in [0.3, 0.4) is 0 Å². The van der Waals surface area contributed by atoms with E-state index in [1.807, 2.05) is 54.6 Å². The SMILES string of the molecule is CC(C)/C=C/CC(COCc1ccccc1)C(=O)N1C(=O)CC[C@H]1Cc1ccccc1. The van der Waals surface area contributed by atoms with Gasteiger partial charge in [-0.25, -0.2) is 0 Å². The number of benzene rings is 2. The van der Waals surface area contributed by atoms with E-state index in [-0.39, 0.29) is 23.8 Å². The molecule has 2 atom stereocenters. The number of likely N-dealkylation sites (tertiary alicyclic amines) is 1. The number of carbonyl (C=O) groups excluding carboxylic acids is 2. The molecule has 0 radical (unpaired) electrons. The Kier molecular flexibility index (Phi) is 8.60. The summed E-state index contributed by atoms with van der Waals surface area (Å²) in [5, 5.41) is 0. The van der Waals surface area contributed by atoms with E-state index in [0.717, 1.165) is 17.5 Å². The monoisotopic (exact) mass is 419 g/mol. The Balaban J connectivity index is 1.69. The van der Waals surface area contributed by atoms with Crippen LogP contribution in [0.5, 0.6) is 0 Å². The molecule has 1 heterocycles. The van der Waals surface area contributed by atoms with Gasteiger partial charge in [-0.15, -0.1) is 0 Å². The Morgan fingerprint density at radius 3 is 2.35 bits per heavy atom. The number of carbonyl (C=O) groups is 2. The molecule has 1 saturated heterocycles. The van der Waals surface area contributed by atoms with Crippen LogP contribution in [-0.4, -0.2) is 29.4 Å². The highest BCUT2D eigenvalue weighted by molar-refractivity contribution is 5.98. The smallest absolute Gasteiger partial charge is 0.235 e. The Morgan fingerprint density at radius 2 is 1.71 bits per heavy atom. The Bertz CT molecular complexity index is 861. The number of allylic oxidation sites excluding steroid dienone is 2. The average Bonchev–Trinajstić information content (AvgIpc) is 3.13. The topological polar surface area (TPSA) is 46.6 Å². The Hall–Kier alpha value is -2.72. The van der Waals surface area contributed by atoms with Gasteiger partial charge in [-0.3, -0.25) is 14.5 Å². The molecule has 3 rings (SSSR count). The maximum absolute atomic E-state index is 13.5. The van der Waals surface area contributed by atoms with E-state index in [4.69, 9.17) is 4.74 Å². The molecule has 1 aliphatic rings. The molecule has 2 aromatic rings. The lowest BCUT2D eigenvalue weighted by molar-refractivity contribution is -0.148. The number of hydrogen-bond acceptors (Lipinski definition) is 3. The summed E-state index contributed by atoms with van der Waals surface area (Å²) in [5.41, 5.74) is 2.22. The van der Waals surface area contributed by atoms with E-state index in [2.05, 4.69) is 32.1 Å². The molecule has 1 aliphatic heterocycles. The van der Waals surface area contributed by atoms with Crippen LogP contribution in [0.25, 0.3) is 0 Å². The van der Waals surface area contributed by atoms with Crippen LogP contribution in [0.1, 0.15) is 44.2 Å². The molecule has 164 valence electrons. The molecule has 0 N–H and O–H groups in total. The van der Waals surface area contributed by atoms with E-state index in [9.17, 15) is 9.59 Å². The van der Waals surface area contributed by atoms with Gasteiger partial charge < -0.3 is 4.74 Å². The first-order valence-electron chi connectivity index (χ1n) is 11.2. The average molecular weight is 420 g/mol. The molecule has 0 aromatic heterocycles. The summed E-state index contributed by atoms with van der Waals surface area (Å²) >= 11 is 0. The summed E-state index contributed by atoms with van der Waals surface area (Å²) in [7, 11) is 0. The second kappa shape index (κ2) is 11.6. The van der Waals surface area contributed by atoms with Gasteiger partial charge in [0.05, 0.1) is 19.1 Å². The summed E-state index contributed by atoms with van der Waals surface area (Å²) < 4.78 is 5.92. The molecule has 2 amide bonds. The van der Waals surface area contributed by atoms with E-state index in [0.29, 0.717) is 38.4 Å². The lowest BCUT2D eigenvalue weighted by Gasteiger charge is -2.27. The minimum Gasteiger partial charge on any atom is -0.376 e. The zero-order chi connectivity index (χ0) is 22.1. The highest BCUT2D eigenvalue weighted by Crippen LogP contribution is 2.26. The van der Waals surface area contributed by atoms with Crippen molar-refractivity contribution in [3.63, 3.8) is 0 Å². The van der Waals surface area contributed by atoms with Crippen LogP contribution < -0.4 is 0 Å². The number of imide groups is 1. The third-order valence-electron chi connectivity index (χ3n) is 5.60. The van der Waals surface area contributed by atoms with Crippen molar-refractivity contribution in [1.82, 2.24) is 4.90 Å². The normalized spacial score (nSPS) is 17.6. The van der Waals surface area contributed by atoms with Crippen LogP contribution in [-0.2, 0) is 27.4 Å². The molecule has 1 fully saturated rings. The number of amides is 2. The molecule has 1 unspecified atom stereocenters. The highest BCUT2D eigenvalue weighted by atomic mass is 16.5. The summed E-state index contributed by atoms with van der Waals surface area (Å²) in [5.74, 6) is -0.115. The second-order valence-electron chi connectivity index (χ2n) is 8.59. The van der Waals surface area contributed by atoms with Crippen LogP contribution in [0.4, 0.5) is 0 Å². The van der Waals surface area contributed by atoms with Crippen molar-refractivity contribution in [2.24, 2.45) is 11.8 Å². The van der Waals surface area contributed by atoms with Crippen LogP contribution >= 0.6 is 0 Å². The van der Waals surface area contributed by atoms with Gasteiger partial charge in [0.15, 0.2) is 0 Å². The fourth-order valence-electron chi connectivity index (χ4n) is 3.97. The Labute approximate surface area is 185 Å². The molecule has 2 aromatic carbocycles. The predicted octanol–water partition coefficient (Wildman–Crippen LogP) is 5.18. The third-order valence-corrected chi connectivity index (χ3v) is 5.60.